The Balaban J connectivity index is 1.85. The highest BCUT2D eigenvalue weighted by molar-refractivity contribution is 4.94. The molecule has 0 bridgehead atoms. The van der Waals surface area contributed by atoms with Crippen molar-refractivity contribution in [2.75, 3.05) is 0 Å². The van der Waals surface area contributed by atoms with Crippen LogP contribution in [-0.2, 0) is 4.74 Å². The van der Waals surface area contributed by atoms with Gasteiger partial charge in [0.15, 0.2) is 0 Å². The molecule has 66 valence electrons. The zero-order chi connectivity index (χ0) is 8.23. The lowest BCUT2D eigenvalue weighted by Crippen LogP contribution is -1.89. The maximum Gasteiger partial charge on any atom is 0.101 e. The van der Waals surface area contributed by atoms with Crippen LogP contribution in [0, 0.1) is 5.92 Å². The van der Waals surface area contributed by atoms with Gasteiger partial charge in [-0.3, -0.25) is 0 Å². The Bertz CT molecular complexity index is 193. The van der Waals surface area contributed by atoms with E-state index in [4.69, 9.17) is 4.74 Å². The summed E-state index contributed by atoms with van der Waals surface area (Å²) in [7, 11) is 0. The largest absolute Gasteiger partial charge is 0.498 e. The predicted octanol–water partition coefficient (Wildman–Crippen LogP) is 3.04. The summed E-state index contributed by atoms with van der Waals surface area (Å²) in [5.41, 5.74) is 0. The summed E-state index contributed by atoms with van der Waals surface area (Å²) in [5.74, 6) is 0.845. The van der Waals surface area contributed by atoms with Crippen LogP contribution < -0.4 is 0 Å². The zero-order valence-corrected chi connectivity index (χ0v) is 7.41. The first kappa shape index (κ1) is 7.90. The fourth-order valence-electron chi connectivity index (χ4n) is 1.65. The first-order valence-electron chi connectivity index (χ1n) is 4.92. The van der Waals surface area contributed by atoms with Crippen LogP contribution in [-0.4, -0.2) is 6.10 Å². The second-order valence-electron chi connectivity index (χ2n) is 3.67. The zero-order valence-electron chi connectivity index (χ0n) is 7.41. The lowest BCUT2D eigenvalue weighted by atomic mass is 10.2. The lowest BCUT2D eigenvalue weighted by molar-refractivity contribution is 0.215. The van der Waals surface area contributed by atoms with Crippen LogP contribution >= 0.6 is 0 Å². The van der Waals surface area contributed by atoms with Gasteiger partial charge >= 0.3 is 0 Å². The molecule has 1 fully saturated rings. The molecule has 0 N–H and O–H groups in total. The molecule has 0 amide bonds. The molecule has 1 heterocycles. The molecule has 2 atom stereocenters. The maximum absolute atomic E-state index is 5.54. The van der Waals surface area contributed by atoms with Crippen LogP contribution in [0.15, 0.2) is 24.5 Å². The van der Waals surface area contributed by atoms with Gasteiger partial charge in [-0.15, -0.1) is 0 Å². The molecule has 0 aromatic carbocycles. The van der Waals surface area contributed by atoms with Gasteiger partial charge in [0.1, 0.15) is 6.10 Å². The fraction of sp³-hybridized carbons (Fsp3) is 0.636. The third kappa shape index (κ3) is 2.13. The van der Waals surface area contributed by atoms with Gasteiger partial charge in [0.05, 0.1) is 6.26 Å². The third-order valence-corrected chi connectivity index (χ3v) is 2.58. The van der Waals surface area contributed by atoms with E-state index in [9.17, 15) is 0 Å². The van der Waals surface area contributed by atoms with E-state index in [-0.39, 0.29) is 0 Å². The molecule has 1 aliphatic carbocycles. The molecule has 1 saturated carbocycles. The van der Waals surface area contributed by atoms with Gasteiger partial charge in [-0.05, 0) is 44.1 Å². The molecule has 12 heavy (non-hydrogen) atoms. The van der Waals surface area contributed by atoms with Crippen molar-refractivity contribution < 1.29 is 4.74 Å². The minimum atomic E-state index is 0.549. The highest BCUT2D eigenvalue weighted by atomic mass is 16.5. The molecule has 1 nitrogen and oxygen atoms in total. The van der Waals surface area contributed by atoms with Crippen LogP contribution in [0.2, 0.25) is 0 Å². The quantitative estimate of drug-likeness (QED) is 0.500. The summed E-state index contributed by atoms with van der Waals surface area (Å²) in [5, 5.41) is 0. The normalized spacial score (nSPS) is 34.7. The van der Waals surface area contributed by atoms with E-state index in [2.05, 4.69) is 18.2 Å². The molecule has 0 radical (unpaired) electrons. The van der Waals surface area contributed by atoms with E-state index in [1.807, 2.05) is 6.26 Å². The Kier molecular flexibility index (Phi) is 2.50. The summed E-state index contributed by atoms with van der Waals surface area (Å²) in [6.45, 7) is 0. The summed E-state index contributed by atoms with van der Waals surface area (Å²) in [6, 6.07) is 0. The smallest absolute Gasteiger partial charge is 0.101 e. The average Bonchev–Trinajstić information content (AvgIpc) is 2.78. The van der Waals surface area contributed by atoms with E-state index in [0.717, 1.165) is 18.8 Å². The Morgan fingerprint density at radius 3 is 2.83 bits per heavy atom. The standard InChI is InChI=1S/C11H16O/c1-2-4-6-8-12-11-9-10(11)7-5-3-1/h1,3,6,8,10-11H,2,4-5,7,9H2. The van der Waals surface area contributed by atoms with Gasteiger partial charge in [-0.1, -0.05) is 12.2 Å². The lowest BCUT2D eigenvalue weighted by Gasteiger charge is -1.96. The van der Waals surface area contributed by atoms with E-state index >= 15 is 0 Å². The first-order chi connectivity index (χ1) is 5.97. The van der Waals surface area contributed by atoms with Gasteiger partial charge < -0.3 is 4.74 Å². The molecular formula is C11H16O. The van der Waals surface area contributed by atoms with Gasteiger partial charge in [-0.25, -0.2) is 0 Å². The van der Waals surface area contributed by atoms with Crippen molar-refractivity contribution in [1.29, 1.82) is 0 Å². The molecule has 0 saturated heterocycles. The first-order valence-corrected chi connectivity index (χ1v) is 4.92. The topological polar surface area (TPSA) is 9.23 Å². The number of hydrogen-bond acceptors (Lipinski definition) is 1. The van der Waals surface area contributed by atoms with E-state index in [1.54, 1.807) is 0 Å². The number of ether oxygens (including phenoxy) is 1. The molecule has 0 aromatic rings. The van der Waals surface area contributed by atoms with Crippen molar-refractivity contribution >= 4 is 0 Å². The Morgan fingerprint density at radius 1 is 1.00 bits per heavy atom. The number of fused-ring (bicyclic) bond motifs is 1. The Labute approximate surface area is 74.1 Å². The number of allylic oxidation sites excluding steroid dienone is 3. The monoisotopic (exact) mass is 164 g/mol. The summed E-state index contributed by atoms with van der Waals surface area (Å²) >= 11 is 0. The third-order valence-electron chi connectivity index (χ3n) is 2.58. The van der Waals surface area contributed by atoms with Crippen LogP contribution in [0.3, 0.4) is 0 Å². The summed E-state index contributed by atoms with van der Waals surface area (Å²) < 4.78 is 5.54. The maximum atomic E-state index is 5.54. The van der Waals surface area contributed by atoms with Crippen molar-refractivity contribution in [2.24, 2.45) is 5.92 Å². The number of hydrogen-bond donors (Lipinski definition) is 0. The van der Waals surface area contributed by atoms with Crippen molar-refractivity contribution in [3.05, 3.63) is 24.5 Å². The van der Waals surface area contributed by atoms with Crippen LogP contribution in [0.5, 0.6) is 0 Å². The molecule has 2 rings (SSSR count). The van der Waals surface area contributed by atoms with Gasteiger partial charge in [0.25, 0.3) is 0 Å². The number of rotatable bonds is 0. The summed E-state index contributed by atoms with van der Waals surface area (Å²) in [6.07, 6.45) is 15.3. The van der Waals surface area contributed by atoms with E-state index in [0.29, 0.717) is 6.10 Å². The Hall–Kier alpha value is -0.720. The minimum Gasteiger partial charge on any atom is -0.498 e. The highest BCUT2D eigenvalue weighted by Crippen LogP contribution is 2.38. The molecular weight excluding hydrogens is 148 g/mol. The fourth-order valence-corrected chi connectivity index (χ4v) is 1.65. The van der Waals surface area contributed by atoms with Gasteiger partial charge in [0.2, 0.25) is 0 Å². The van der Waals surface area contributed by atoms with E-state index < -0.39 is 0 Å². The van der Waals surface area contributed by atoms with Crippen molar-refractivity contribution in [3.8, 4) is 0 Å². The molecule has 1 heteroatoms. The van der Waals surface area contributed by atoms with Crippen molar-refractivity contribution in [3.63, 3.8) is 0 Å². The SMILES string of the molecule is C1=CCCC2CC2OC=CCC1. The second-order valence-corrected chi connectivity index (χ2v) is 3.67. The Morgan fingerprint density at radius 2 is 1.83 bits per heavy atom. The van der Waals surface area contributed by atoms with Gasteiger partial charge in [0, 0.05) is 0 Å². The second kappa shape index (κ2) is 3.79. The molecule has 0 aromatic heterocycles. The predicted molar refractivity (Wildman–Crippen MR) is 49.7 cm³/mol. The molecule has 2 unspecified atom stereocenters. The molecule has 1 aliphatic heterocycles. The highest BCUT2D eigenvalue weighted by Gasteiger charge is 2.37. The molecule has 2 aliphatic rings. The summed E-state index contributed by atoms with van der Waals surface area (Å²) in [4.78, 5) is 0. The minimum absolute atomic E-state index is 0.549. The van der Waals surface area contributed by atoms with Crippen LogP contribution in [0.4, 0.5) is 0 Å². The average molecular weight is 164 g/mol. The van der Waals surface area contributed by atoms with Crippen molar-refractivity contribution in [1.82, 2.24) is 0 Å². The van der Waals surface area contributed by atoms with Crippen molar-refractivity contribution in [2.45, 2.75) is 38.2 Å². The molecule has 0 spiro atoms. The van der Waals surface area contributed by atoms with E-state index in [1.165, 1.54) is 19.3 Å². The van der Waals surface area contributed by atoms with Gasteiger partial charge in [-0.2, -0.15) is 0 Å². The van der Waals surface area contributed by atoms with Crippen LogP contribution in [0.1, 0.15) is 32.1 Å². The van der Waals surface area contributed by atoms with Crippen LogP contribution in [0.25, 0.3) is 0 Å².